The Morgan fingerprint density at radius 2 is 1.76 bits per heavy atom. The number of likely N-dealkylation sites (N-methyl/N-ethyl adjacent to an activating group) is 1. The topological polar surface area (TPSA) is 66.6 Å². The van der Waals surface area contributed by atoms with Gasteiger partial charge in [0, 0.05) is 13.6 Å². The Labute approximate surface area is 105 Å². The first-order chi connectivity index (χ1) is 7.55. The number of carbonyl (C=O) groups excluding carboxylic acids is 1. The summed E-state index contributed by atoms with van der Waals surface area (Å²) in [5.74, 6) is -0.160. The number of rotatable bonds is 5. The maximum absolute atomic E-state index is 12.3. The molecule has 0 radical (unpaired) electrons. The van der Waals surface area contributed by atoms with Crippen molar-refractivity contribution in [3.8, 4) is 0 Å². The summed E-state index contributed by atoms with van der Waals surface area (Å²) in [5, 5.41) is 9.28. The first kappa shape index (κ1) is 16.4. The van der Waals surface area contributed by atoms with Crippen LogP contribution in [0.15, 0.2) is 0 Å². The minimum absolute atomic E-state index is 0.0153. The largest absolute Gasteiger partial charge is 0.394 e. The third-order valence-corrected chi connectivity index (χ3v) is 3.12. The summed E-state index contributed by atoms with van der Waals surface area (Å²) in [5.41, 5.74) is 5.23. The average molecular weight is 244 g/mol. The van der Waals surface area contributed by atoms with E-state index in [9.17, 15) is 9.90 Å². The molecule has 0 bridgehead atoms. The van der Waals surface area contributed by atoms with E-state index in [1.807, 2.05) is 13.8 Å². The van der Waals surface area contributed by atoms with Gasteiger partial charge in [0.25, 0.3) is 0 Å². The number of aliphatic hydroxyl groups excluding tert-OH is 1. The molecular formula is C13H28N2O2. The van der Waals surface area contributed by atoms with Crippen molar-refractivity contribution in [1.82, 2.24) is 4.90 Å². The van der Waals surface area contributed by atoms with Gasteiger partial charge in [0.05, 0.1) is 18.1 Å². The molecule has 0 aromatic heterocycles. The molecular weight excluding hydrogens is 216 g/mol. The Hall–Kier alpha value is -0.610. The van der Waals surface area contributed by atoms with Crippen LogP contribution < -0.4 is 5.73 Å². The Kier molecular flexibility index (Phi) is 5.62. The summed E-state index contributed by atoms with van der Waals surface area (Å²) in [6, 6.07) is 0. The number of aliphatic hydroxyl groups is 1. The molecule has 1 amide bonds. The molecule has 0 aromatic rings. The second kappa shape index (κ2) is 5.83. The van der Waals surface area contributed by atoms with Crippen LogP contribution in [0.2, 0.25) is 0 Å². The normalized spacial score (nSPS) is 14.6. The maximum atomic E-state index is 12.3. The van der Waals surface area contributed by atoms with Gasteiger partial charge >= 0.3 is 0 Å². The highest BCUT2D eigenvalue weighted by Gasteiger charge is 2.32. The summed E-state index contributed by atoms with van der Waals surface area (Å²) in [4.78, 5) is 13.9. The molecule has 4 nitrogen and oxygen atoms in total. The van der Waals surface area contributed by atoms with Crippen LogP contribution in [0.3, 0.4) is 0 Å². The van der Waals surface area contributed by atoms with E-state index in [1.54, 1.807) is 11.9 Å². The maximum Gasteiger partial charge on any atom is 0.227 e. The number of nitrogens with zero attached hydrogens (tertiary/aromatic N) is 1. The van der Waals surface area contributed by atoms with Crippen molar-refractivity contribution in [2.24, 2.45) is 17.1 Å². The Morgan fingerprint density at radius 1 is 1.29 bits per heavy atom. The van der Waals surface area contributed by atoms with Gasteiger partial charge in [-0.1, -0.05) is 20.8 Å². The van der Waals surface area contributed by atoms with Crippen LogP contribution in [0.25, 0.3) is 0 Å². The van der Waals surface area contributed by atoms with Crippen LogP contribution in [0, 0.1) is 11.3 Å². The lowest BCUT2D eigenvalue weighted by Crippen LogP contribution is -2.51. The van der Waals surface area contributed by atoms with E-state index in [0.717, 1.165) is 6.42 Å². The Bertz CT molecular complexity index is 257. The standard InChI is InChI=1S/C13H28N2O2/c1-12(2,3)7-10(8-14)11(17)15(6)13(4,5)9-16/h10,16H,7-9,14H2,1-6H3. The molecule has 3 N–H and O–H groups in total. The van der Waals surface area contributed by atoms with Gasteiger partial charge in [-0.25, -0.2) is 0 Å². The van der Waals surface area contributed by atoms with Gasteiger partial charge in [0.15, 0.2) is 0 Å². The molecule has 0 rings (SSSR count). The molecule has 0 aliphatic carbocycles. The molecule has 0 heterocycles. The van der Waals surface area contributed by atoms with E-state index in [2.05, 4.69) is 20.8 Å². The molecule has 0 aromatic carbocycles. The van der Waals surface area contributed by atoms with Crippen molar-refractivity contribution in [2.75, 3.05) is 20.2 Å². The molecule has 0 fully saturated rings. The SMILES string of the molecule is CN(C(=O)C(CN)CC(C)(C)C)C(C)(C)CO. The minimum atomic E-state index is -0.539. The molecule has 102 valence electrons. The van der Waals surface area contributed by atoms with E-state index < -0.39 is 5.54 Å². The zero-order chi connectivity index (χ0) is 13.9. The van der Waals surface area contributed by atoms with Crippen molar-refractivity contribution in [3.05, 3.63) is 0 Å². The third kappa shape index (κ3) is 5.04. The lowest BCUT2D eigenvalue weighted by Gasteiger charge is -2.37. The molecule has 4 heteroatoms. The average Bonchev–Trinajstić information content (AvgIpc) is 2.22. The van der Waals surface area contributed by atoms with E-state index in [4.69, 9.17) is 5.73 Å². The molecule has 0 spiro atoms. The fourth-order valence-electron chi connectivity index (χ4n) is 1.69. The number of nitrogens with two attached hydrogens (primary N) is 1. The van der Waals surface area contributed by atoms with Crippen LogP contribution in [0.5, 0.6) is 0 Å². The monoisotopic (exact) mass is 244 g/mol. The van der Waals surface area contributed by atoms with Gasteiger partial charge in [0.1, 0.15) is 0 Å². The second-order valence-corrected chi connectivity index (χ2v) is 6.57. The smallest absolute Gasteiger partial charge is 0.227 e. The number of hydrogen-bond acceptors (Lipinski definition) is 3. The lowest BCUT2D eigenvalue weighted by molar-refractivity contribution is -0.141. The Balaban J connectivity index is 4.76. The summed E-state index contributed by atoms with van der Waals surface area (Å²) >= 11 is 0. The highest BCUT2D eigenvalue weighted by molar-refractivity contribution is 5.79. The lowest BCUT2D eigenvalue weighted by atomic mass is 9.83. The third-order valence-electron chi connectivity index (χ3n) is 3.12. The molecule has 0 saturated carbocycles. The second-order valence-electron chi connectivity index (χ2n) is 6.57. The molecule has 1 atom stereocenters. The van der Waals surface area contributed by atoms with Gasteiger partial charge in [-0.2, -0.15) is 0 Å². The quantitative estimate of drug-likeness (QED) is 0.764. The summed E-state index contributed by atoms with van der Waals surface area (Å²) in [6.07, 6.45) is 0.758. The summed E-state index contributed by atoms with van der Waals surface area (Å²) in [6.45, 7) is 10.3. The predicted molar refractivity (Wildman–Crippen MR) is 70.6 cm³/mol. The van der Waals surface area contributed by atoms with Crippen molar-refractivity contribution < 1.29 is 9.90 Å². The van der Waals surface area contributed by atoms with Gasteiger partial charge < -0.3 is 15.7 Å². The van der Waals surface area contributed by atoms with Crippen molar-refractivity contribution in [2.45, 2.75) is 46.6 Å². The first-order valence-electron chi connectivity index (χ1n) is 6.14. The highest BCUT2D eigenvalue weighted by Crippen LogP contribution is 2.26. The fraction of sp³-hybridized carbons (Fsp3) is 0.923. The van der Waals surface area contributed by atoms with E-state index in [0.29, 0.717) is 6.54 Å². The minimum Gasteiger partial charge on any atom is -0.394 e. The predicted octanol–water partition coefficient (Wildman–Crippen LogP) is 1.23. The zero-order valence-electron chi connectivity index (χ0n) is 12.1. The molecule has 1 unspecified atom stereocenters. The number of amides is 1. The van der Waals surface area contributed by atoms with Crippen molar-refractivity contribution >= 4 is 5.91 Å². The first-order valence-corrected chi connectivity index (χ1v) is 6.14. The fourth-order valence-corrected chi connectivity index (χ4v) is 1.69. The van der Waals surface area contributed by atoms with Crippen molar-refractivity contribution in [1.29, 1.82) is 0 Å². The van der Waals surface area contributed by atoms with Crippen LogP contribution >= 0.6 is 0 Å². The van der Waals surface area contributed by atoms with Crippen molar-refractivity contribution in [3.63, 3.8) is 0 Å². The van der Waals surface area contributed by atoms with Crippen LogP contribution in [0.1, 0.15) is 41.0 Å². The van der Waals surface area contributed by atoms with E-state index in [-0.39, 0.29) is 23.8 Å². The van der Waals surface area contributed by atoms with Gasteiger partial charge in [-0.05, 0) is 25.7 Å². The van der Waals surface area contributed by atoms with Crippen LogP contribution in [0.4, 0.5) is 0 Å². The van der Waals surface area contributed by atoms with Crippen LogP contribution in [-0.2, 0) is 4.79 Å². The van der Waals surface area contributed by atoms with E-state index in [1.165, 1.54) is 0 Å². The Morgan fingerprint density at radius 3 is 2.06 bits per heavy atom. The van der Waals surface area contributed by atoms with E-state index >= 15 is 0 Å². The molecule has 17 heavy (non-hydrogen) atoms. The highest BCUT2D eigenvalue weighted by atomic mass is 16.3. The van der Waals surface area contributed by atoms with Gasteiger partial charge in [-0.15, -0.1) is 0 Å². The molecule has 0 aliphatic heterocycles. The van der Waals surface area contributed by atoms with Gasteiger partial charge in [0.2, 0.25) is 5.91 Å². The zero-order valence-corrected chi connectivity index (χ0v) is 12.1. The molecule has 0 aliphatic rings. The number of carbonyl (C=O) groups is 1. The van der Waals surface area contributed by atoms with Crippen LogP contribution in [-0.4, -0.2) is 41.7 Å². The molecule has 0 saturated heterocycles. The van der Waals surface area contributed by atoms with Gasteiger partial charge in [-0.3, -0.25) is 4.79 Å². The summed E-state index contributed by atoms with van der Waals surface area (Å²) in [7, 11) is 1.73. The number of hydrogen-bond donors (Lipinski definition) is 2. The summed E-state index contributed by atoms with van der Waals surface area (Å²) < 4.78 is 0.